The number of ether oxygens (including phenoxy) is 1. The number of hydrogen-bond donors (Lipinski definition) is 3. The van der Waals surface area contributed by atoms with Gasteiger partial charge in [-0.05, 0) is 12.1 Å². The molecule has 2 rings (SSSR count). The van der Waals surface area contributed by atoms with E-state index in [1.165, 1.54) is 31.5 Å². The van der Waals surface area contributed by atoms with E-state index >= 15 is 0 Å². The molecule has 100 valence electrons. The van der Waals surface area contributed by atoms with Crippen LogP contribution in [0.1, 0.15) is 0 Å². The molecule has 6 nitrogen and oxygen atoms in total. The van der Waals surface area contributed by atoms with E-state index in [-0.39, 0.29) is 5.95 Å². The molecule has 0 fully saturated rings. The van der Waals surface area contributed by atoms with E-state index in [1.807, 2.05) is 0 Å². The van der Waals surface area contributed by atoms with Crippen molar-refractivity contribution < 1.29 is 9.13 Å². The van der Waals surface area contributed by atoms with Crippen molar-refractivity contribution in [3.05, 3.63) is 35.2 Å². The normalized spacial score (nSPS) is 10.1. The van der Waals surface area contributed by atoms with Crippen molar-refractivity contribution in [3.8, 4) is 5.75 Å². The van der Waals surface area contributed by atoms with Crippen molar-refractivity contribution >= 4 is 29.1 Å². The summed E-state index contributed by atoms with van der Waals surface area (Å²) < 4.78 is 18.2. The lowest BCUT2D eigenvalue weighted by molar-refractivity contribution is 0.413. The Morgan fingerprint density at radius 1 is 1.42 bits per heavy atom. The molecule has 8 heteroatoms. The van der Waals surface area contributed by atoms with Crippen molar-refractivity contribution in [2.75, 3.05) is 17.9 Å². The fourth-order valence-electron chi connectivity index (χ4n) is 1.42. The van der Waals surface area contributed by atoms with Crippen LogP contribution in [0.15, 0.2) is 24.4 Å². The van der Waals surface area contributed by atoms with Gasteiger partial charge < -0.3 is 10.1 Å². The van der Waals surface area contributed by atoms with Crippen molar-refractivity contribution in [2.45, 2.75) is 0 Å². The fourth-order valence-corrected chi connectivity index (χ4v) is 1.56. The van der Waals surface area contributed by atoms with Gasteiger partial charge in [0.05, 0.1) is 19.0 Å². The van der Waals surface area contributed by atoms with Gasteiger partial charge in [0.25, 0.3) is 0 Å². The highest BCUT2D eigenvalue weighted by Gasteiger charge is 2.09. The minimum Gasteiger partial charge on any atom is -0.494 e. The Labute approximate surface area is 113 Å². The number of methoxy groups -OCH3 is 1. The number of benzene rings is 1. The average molecular weight is 284 g/mol. The van der Waals surface area contributed by atoms with Gasteiger partial charge in [-0.2, -0.15) is 4.98 Å². The van der Waals surface area contributed by atoms with Crippen LogP contribution in [0, 0.1) is 5.82 Å². The first kappa shape index (κ1) is 13.3. The van der Waals surface area contributed by atoms with Crippen LogP contribution in [0.2, 0.25) is 5.02 Å². The van der Waals surface area contributed by atoms with Crippen molar-refractivity contribution in [1.29, 1.82) is 0 Å². The molecule has 1 heterocycles. The molecule has 0 spiro atoms. The highest BCUT2D eigenvalue weighted by molar-refractivity contribution is 6.32. The summed E-state index contributed by atoms with van der Waals surface area (Å²) in [5.41, 5.74) is 2.83. The highest BCUT2D eigenvalue weighted by atomic mass is 35.5. The monoisotopic (exact) mass is 283 g/mol. The van der Waals surface area contributed by atoms with Crippen LogP contribution in [-0.2, 0) is 0 Å². The van der Waals surface area contributed by atoms with Crippen molar-refractivity contribution in [2.24, 2.45) is 5.84 Å². The Morgan fingerprint density at radius 3 is 2.89 bits per heavy atom. The molecule has 19 heavy (non-hydrogen) atoms. The van der Waals surface area contributed by atoms with Crippen molar-refractivity contribution in [1.82, 2.24) is 9.97 Å². The summed E-state index contributed by atoms with van der Waals surface area (Å²) in [6.45, 7) is 0. The quantitative estimate of drug-likeness (QED) is 0.590. The third-order valence-corrected chi connectivity index (χ3v) is 2.57. The average Bonchev–Trinajstić information content (AvgIpc) is 2.43. The lowest BCUT2D eigenvalue weighted by Gasteiger charge is -2.12. The topological polar surface area (TPSA) is 85.1 Å². The number of nitrogens with zero attached hydrogens (tertiary/aromatic N) is 2. The molecule has 1 aromatic heterocycles. The number of aromatic nitrogens is 2. The van der Waals surface area contributed by atoms with Crippen molar-refractivity contribution in [3.63, 3.8) is 0 Å². The first-order chi connectivity index (χ1) is 9.13. The van der Waals surface area contributed by atoms with E-state index in [1.54, 1.807) is 0 Å². The summed E-state index contributed by atoms with van der Waals surface area (Å²) in [6, 6.07) is 4.06. The van der Waals surface area contributed by atoms with E-state index in [0.29, 0.717) is 22.3 Å². The maximum absolute atomic E-state index is 13.1. The second kappa shape index (κ2) is 5.68. The lowest BCUT2D eigenvalue weighted by atomic mass is 10.3. The number of hydrogen-bond acceptors (Lipinski definition) is 6. The van der Waals surface area contributed by atoms with Gasteiger partial charge in [0.1, 0.15) is 16.6 Å². The predicted octanol–water partition coefficient (Wildman–Crippen LogP) is 2.31. The predicted molar refractivity (Wildman–Crippen MR) is 71.1 cm³/mol. The number of rotatable bonds is 4. The largest absolute Gasteiger partial charge is 0.494 e. The molecular weight excluding hydrogens is 273 g/mol. The molecule has 0 saturated carbocycles. The Kier molecular flexibility index (Phi) is 3.98. The fraction of sp³-hybridized carbons (Fsp3) is 0.0909. The summed E-state index contributed by atoms with van der Waals surface area (Å²) in [5, 5.41) is 3.22. The minimum atomic E-state index is -0.402. The molecule has 0 aliphatic carbocycles. The van der Waals surface area contributed by atoms with Crippen LogP contribution in [0.4, 0.5) is 21.8 Å². The van der Waals surface area contributed by atoms with Gasteiger partial charge in [-0.15, -0.1) is 0 Å². The van der Waals surface area contributed by atoms with Gasteiger partial charge in [-0.25, -0.2) is 15.2 Å². The van der Waals surface area contributed by atoms with E-state index < -0.39 is 5.82 Å². The lowest BCUT2D eigenvalue weighted by Crippen LogP contribution is -2.11. The first-order valence-corrected chi connectivity index (χ1v) is 5.61. The second-order valence-corrected chi connectivity index (χ2v) is 3.91. The number of hydrazine groups is 1. The third kappa shape index (κ3) is 3.01. The Hall–Kier alpha value is -2.12. The number of nitrogens with one attached hydrogen (secondary N) is 2. The Balaban J connectivity index is 2.35. The zero-order chi connectivity index (χ0) is 13.8. The number of nitrogen functional groups attached to an aromatic ring is 1. The summed E-state index contributed by atoms with van der Waals surface area (Å²) in [4.78, 5) is 7.89. The van der Waals surface area contributed by atoms with E-state index in [4.69, 9.17) is 22.2 Å². The third-order valence-electron chi connectivity index (χ3n) is 2.29. The molecule has 0 radical (unpaired) electrons. The Morgan fingerprint density at radius 2 is 2.21 bits per heavy atom. The molecule has 0 bridgehead atoms. The highest BCUT2D eigenvalue weighted by Crippen LogP contribution is 2.30. The number of nitrogens with two attached hydrogens (primary N) is 1. The van der Waals surface area contributed by atoms with E-state index in [0.717, 1.165) is 0 Å². The summed E-state index contributed by atoms with van der Waals surface area (Å²) in [6.07, 6.45) is 1.39. The summed E-state index contributed by atoms with van der Waals surface area (Å²) >= 11 is 5.96. The van der Waals surface area contributed by atoms with Crippen LogP contribution in [0.25, 0.3) is 0 Å². The van der Waals surface area contributed by atoms with Crippen LogP contribution in [0.5, 0.6) is 5.75 Å². The zero-order valence-corrected chi connectivity index (χ0v) is 10.7. The van der Waals surface area contributed by atoms with Crippen LogP contribution in [0.3, 0.4) is 0 Å². The number of halogens is 2. The minimum absolute atomic E-state index is 0.202. The first-order valence-electron chi connectivity index (χ1n) is 5.23. The SMILES string of the molecule is COc1cc(F)ccc1Nc1nc(NN)ncc1Cl. The second-order valence-electron chi connectivity index (χ2n) is 3.50. The maximum atomic E-state index is 13.1. The zero-order valence-electron chi connectivity index (χ0n) is 9.95. The van der Waals surface area contributed by atoms with Crippen LogP contribution >= 0.6 is 11.6 Å². The van der Waals surface area contributed by atoms with Gasteiger partial charge in [-0.3, -0.25) is 5.43 Å². The summed E-state index contributed by atoms with van der Waals surface area (Å²) in [5.74, 6) is 5.68. The molecule has 0 aliphatic rings. The Bertz CT molecular complexity index is 595. The molecule has 2 aromatic rings. The van der Waals surface area contributed by atoms with Gasteiger partial charge in [-0.1, -0.05) is 11.6 Å². The molecule has 0 saturated heterocycles. The molecule has 0 unspecified atom stereocenters. The molecular formula is C11H11ClFN5O. The van der Waals surface area contributed by atoms with E-state index in [9.17, 15) is 4.39 Å². The smallest absolute Gasteiger partial charge is 0.239 e. The van der Waals surface area contributed by atoms with Gasteiger partial charge >= 0.3 is 0 Å². The standard InChI is InChI=1S/C11H11ClFN5O/c1-19-9-4-6(13)2-3-8(9)16-10-7(12)5-15-11(17-10)18-14/h2-5H,14H2,1H3,(H2,15,16,17,18). The number of anilines is 3. The molecule has 1 aromatic carbocycles. The van der Waals surface area contributed by atoms with E-state index in [2.05, 4.69) is 20.7 Å². The molecule has 4 N–H and O–H groups in total. The van der Waals surface area contributed by atoms with Gasteiger partial charge in [0, 0.05) is 6.07 Å². The van der Waals surface area contributed by atoms with Gasteiger partial charge in [0.2, 0.25) is 5.95 Å². The maximum Gasteiger partial charge on any atom is 0.239 e. The summed E-state index contributed by atoms with van der Waals surface area (Å²) in [7, 11) is 1.44. The van der Waals surface area contributed by atoms with Gasteiger partial charge in [0.15, 0.2) is 5.82 Å². The van der Waals surface area contributed by atoms with Crippen LogP contribution < -0.4 is 21.3 Å². The molecule has 0 atom stereocenters. The molecule has 0 aliphatic heterocycles. The van der Waals surface area contributed by atoms with Crippen LogP contribution in [-0.4, -0.2) is 17.1 Å². The molecule has 0 amide bonds.